The fourth-order valence-corrected chi connectivity index (χ4v) is 2.04. The molecule has 1 saturated heterocycles. The number of nitro groups is 1. The molecule has 2 rings (SSSR count). The lowest BCUT2D eigenvalue weighted by Gasteiger charge is -2.19. The van der Waals surface area contributed by atoms with Gasteiger partial charge in [-0.25, -0.2) is 4.79 Å². The Labute approximate surface area is 109 Å². The highest BCUT2D eigenvalue weighted by atomic mass is 16.6. The largest absolute Gasteiger partial charge is 0.322 e. The Bertz CT molecular complexity index is 552. The van der Waals surface area contributed by atoms with E-state index in [0.717, 1.165) is 6.42 Å². The van der Waals surface area contributed by atoms with E-state index in [1.165, 1.54) is 23.1 Å². The number of hydrogen-bond acceptors (Lipinski definition) is 4. The molecule has 1 heterocycles. The first-order chi connectivity index (χ1) is 9.11. The van der Waals surface area contributed by atoms with Crippen molar-refractivity contribution in [3.63, 3.8) is 0 Å². The summed E-state index contributed by atoms with van der Waals surface area (Å²) in [5.74, 6) is 0. The lowest BCUT2D eigenvalue weighted by Crippen LogP contribution is -2.37. The number of carbonyl (C=O) groups excluding carboxylic acids is 1. The summed E-state index contributed by atoms with van der Waals surface area (Å²) in [5.41, 5.74) is 0.263. The number of hydrogen-bond donors (Lipinski definition) is 1. The van der Waals surface area contributed by atoms with E-state index >= 15 is 0 Å². The van der Waals surface area contributed by atoms with Crippen LogP contribution in [0.3, 0.4) is 0 Å². The quantitative estimate of drug-likeness (QED) is 0.650. The summed E-state index contributed by atoms with van der Waals surface area (Å²) < 4.78 is 0. The fraction of sp³-hybridized carbons (Fsp3) is 0.333. The first-order valence-corrected chi connectivity index (χ1v) is 5.83. The third-order valence-electron chi connectivity index (χ3n) is 2.97. The van der Waals surface area contributed by atoms with Gasteiger partial charge in [0.1, 0.15) is 6.04 Å². The number of urea groups is 1. The minimum atomic E-state index is -0.524. The van der Waals surface area contributed by atoms with Gasteiger partial charge in [-0.15, -0.1) is 0 Å². The number of non-ortho nitro benzene ring substituents is 1. The number of anilines is 1. The van der Waals surface area contributed by atoms with E-state index in [2.05, 4.69) is 11.4 Å². The smallest absolute Gasteiger partial charge is 0.308 e. The first-order valence-electron chi connectivity index (χ1n) is 5.83. The molecular formula is C12H12N4O3. The number of benzene rings is 1. The zero-order valence-electron chi connectivity index (χ0n) is 10.1. The Balaban J connectivity index is 2.09. The van der Waals surface area contributed by atoms with Crippen LogP contribution in [-0.2, 0) is 0 Å². The van der Waals surface area contributed by atoms with E-state index in [-0.39, 0.29) is 5.69 Å². The molecule has 0 spiro atoms. The fourth-order valence-electron chi connectivity index (χ4n) is 2.04. The monoisotopic (exact) mass is 260 g/mol. The standard InChI is InChI=1S/C12H12N4O3/c13-8-11-5-2-6-15(11)12(17)14-9-3-1-4-10(7-9)16(18)19/h1,3-4,7,11H,2,5-6H2,(H,14,17). The van der Waals surface area contributed by atoms with E-state index in [0.29, 0.717) is 18.7 Å². The highest BCUT2D eigenvalue weighted by molar-refractivity contribution is 5.90. The van der Waals surface area contributed by atoms with Crippen LogP contribution in [0.5, 0.6) is 0 Å². The minimum Gasteiger partial charge on any atom is -0.308 e. The van der Waals surface area contributed by atoms with Gasteiger partial charge in [-0.05, 0) is 18.9 Å². The second-order valence-corrected chi connectivity index (χ2v) is 4.22. The molecule has 1 unspecified atom stereocenters. The molecule has 1 aromatic rings. The maximum Gasteiger partial charge on any atom is 0.322 e. The molecule has 19 heavy (non-hydrogen) atoms. The molecule has 1 N–H and O–H groups in total. The van der Waals surface area contributed by atoms with Crippen LogP contribution in [0.4, 0.5) is 16.2 Å². The predicted octanol–water partition coefficient (Wildman–Crippen LogP) is 2.11. The van der Waals surface area contributed by atoms with Crippen LogP contribution in [0.1, 0.15) is 12.8 Å². The molecule has 98 valence electrons. The summed E-state index contributed by atoms with van der Waals surface area (Å²) >= 11 is 0. The van der Waals surface area contributed by atoms with Gasteiger partial charge in [0.05, 0.1) is 11.0 Å². The van der Waals surface area contributed by atoms with Crippen molar-refractivity contribution >= 4 is 17.4 Å². The molecule has 0 saturated carbocycles. The van der Waals surface area contributed by atoms with Gasteiger partial charge in [-0.2, -0.15) is 5.26 Å². The van der Waals surface area contributed by atoms with Crippen molar-refractivity contribution in [1.29, 1.82) is 5.26 Å². The second-order valence-electron chi connectivity index (χ2n) is 4.22. The average molecular weight is 260 g/mol. The van der Waals surface area contributed by atoms with Gasteiger partial charge < -0.3 is 10.2 Å². The van der Waals surface area contributed by atoms with Gasteiger partial charge in [0, 0.05) is 24.4 Å². The molecule has 7 heteroatoms. The normalized spacial score (nSPS) is 17.8. The zero-order chi connectivity index (χ0) is 13.8. The molecule has 1 aliphatic rings. The van der Waals surface area contributed by atoms with Gasteiger partial charge in [-0.1, -0.05) is 6.07 Å². The first kappa shape index (κ1) is 12.8. The number of amides is 2. The molecule has 0 aliphatic carbocycles. The highest BCUT2D eigenvalue weighted by Crippen LogP contribution is 2.20. The highest BCUT2D eigenvalue weighted by Gasteiger charge is 2.28. The number of nitro benzene ring substituents is 1. The number of nitriles is 1. The Hall–Kier alpha value is -2.62. The third-order valence-corrected chi connectivity index (χ3v) is 2.97. The van der Waals surface area contributed by atoms with Crippen molar-refractivity contribution < 1.29 is 9.72 Å². The number of nitrogens with one attached hydrogen (secondary N) is 1. The van der Waals surface area contributed by atoms with Gasteiger partial charge >= 0.3 is 6.03 Å². The Kier molecular flexibility index (Phi) is 3.61. The number of likely N-dealkylation sites (tertiary alicyclic amines) is 1. The summed E-state index contributed by atoms with van der Waals surface area (Å²) in [5, 5.41) is 22.1. The molecule has 0 aromatic heterocycles. The van der Waals surface area contributed by atoms with Crippen molar-refractivity contribution in [2.45, 2.75) is 18.9 Å². The van der Waals surface area contributed by atoms with E-state index < -0.39 is 17.0 Å². The summed E-state index contributed by atoms with van der Waals surface area (Å²) in [7, 11) is 0. The van der Waals surface area contributed by atoms with Crippen LogP contribution in [0.2, 0.25) is 0 Å². The maximum absolute atomic E-state index is 12.0. The van der Waals surface area contributed by atoms with E-state index in [1.807, 2.05) is 0 Å². The van der Waals surface area contributed by atoms with E-state index in [9.17, 15) is 14.9 Å². The number of rotatable bonds is 2. The predicted molar refractivity (Wildman–Crippen MR) is 67.5 cm³/mol. The molecule has 7 nitrogen and oxygen atoms in total. The Morgan fingerprint density at radius 1 is 1.58 bits per heavy atom. The maximum atomic E-state index is 12.0. The molecule has 1 aromatic carbocycles. The van der Waals surface area contributed by atoms with Crippen molar-refractivity contribution in [2.75, 3.05) is 11.9 Å². The van der Waals surface area contributed by atoms with Crippen LogP contribution in [-0.4, -0.2) is 28.4 Å². The topological polar surface area (TPSA) is 99.3 Å². The third kappa shape index (κ3) is 2.80. The van der Waals surface area contributed by atoms with Crippen LogP contribution in [0.25, 0.3) is 0 Å². The Morgan fingerprint density at radius 3 is 3.05 bits per heavy atom. The SMILES string of the molecule is N#CC1CCCN1C(=O)Nc1cccc([N+](=O)[O-])c1. The van der Waals surface area contributed by atoms with E-state index in [4.69, 9.17) is 5.26 Å². The van der Waals surface area contributed by atoms with Crippen LogP contribution in [0.15, 0.2) is 24.3 Å². The van der Waals surface area contributed by atoms with Crippen molar-refractivity contribution in [3.8, 4) is 6.07 Å². The Morgan fingerprint density at radius 2 is 2.37 bits per heavy atom. The summed E-state index contributed by atoms with van der Waals surface area (Å²) in [6, 6.07) is 6.96. The number of nitrogens with zero attached hydrogens (tertiary/aromatic N) is 3. The van der Waals surface area contributed by atoms with Gasteiger partial charge in [0.25, 0.3) is 5.69 Å². The van der Waals surface area contributed by atoms with Gasteiger partial charge in [0.2, 0.25) is 0 Å². The van der Waals surface area contributed by atoms with E-state index in [1.54, 1.807) is 6.07 Å². The molecule has 0 radical (unpaired) electrons. The molecule has 1 fully saturated rings. The lowest BCUT2D eigenvalue weighted by atomic mass is 10.2. The second kappa shape index (κ2) is 5.35. The van der Waals surface area contributed by atoms with Gasteiger partial charge in [0.15, 0.2) is 0 Å². The van der Waals surface area contributed by atoms with Crippen LogP contribution >= 0.6 is 0 Å². The minimum absolute atomic E-state index is 0.0870. The van der Waals surface area contributed by atoms with Gasteiger partial charge in [-0.3, -0.25) is 10.1 Å². The molecule has 0 bridgehead atoms. The van der Waals surface area contributed by atoms with Crippen molar-refractivity contribution in [2.24, 2.45) is 0 Å². The molecule has 1 aliphatic heterocycles. The summed E-state index contributed by atoms with van der Waals surface area (Å²) in [6.45, 7) is 0.527. The average Bonchev–Trinajstić information content (AvgIpc) is 2.87. The number of carbonyl (C=O) groups is 1. The molecule has 2 amide bonds. The lowest BCUT2D eigenvalue weighted by molar-refractivity contribution is -0.384. The van der Waals surface area contributed by atoms with Crippen LogP contribution in [0, 0.1) is 21.4 Å². The molecular weight excluding hydrogens is 248 g/mol. The molecule has 1 atom stereocenters. The zero-order valence-corrected chi connectivity index (χ0v) is 10.1. The van der Waals surface area contributed by atoms with Crippen LogP contribution < -0.4 is 5.32 Å². The summed E-state index contributed by atoms with van der Waals surface area (Å²) in [4.78, 5) is 23.5. The summed E-state index contributed by atoms with van der Waals surface area (Å²) in [6.07, 6.45) is 1.46. The van der Waals surface area contributed by atoms with Crippen molar-refractivity contribution in [1.82, 2.24) is 4.90 Å². The van der Waals surface area contributed by atoms with Crippen molar-refractivity contribution in [3.05, 3.63) is 34.4 Å².